The molecule has 1 heterocycles. The van der Waals surface area contributed by atoms with Gasteiger partial charge in [-0.15, -0.1) is 0 Å². The van der Waals surface area contributed by atoms with Crippen molar-refractivity contribution in [2.24, 2.45) is 0 Å². The number of fused-ring (bicyclic) bond motifs is 1. The number of nitrogens with two attached hydrogens (primary N) is 1. The lowest BCUT2D eigenvalue weighted by molar-refractivity contribution is -0.119. The van der Waals surface area contributed by atoms with E-state index in [0.29, 0.717) is 29.0 Å². The highest BCUT2D eigenvalue weighted by Gasteiger charge is 2.10. The fraction of sp³-hybridized carbons (Fsp3) is 0.364. The molecule has 0 radical (unpaired) electrons. The highest BCUT2D eigenvalue weighted by atomic mass is 16.6. The highest BCUT2D eigenvalue weighted by molar-refractivity contribution is 5.96. The summed E-state index contributed by atoms with van der Waals surface area (Å²) in [4.78, 5) is 11.5. The second-order valence-electron chi connectivity index (χ2n) is 3.87. The number of amides is 1. The first kappa shape index (κ1) is 12.2. The molecular weight excluding hydrogens is 234 g/mol. The summed E-state index contributed by atoms with van der Waals surface area (Å²) in [7, 11) is 0. The van der Waals surface area contributed by atoms with Gasteiger partial charge in [-0.25, -0.2) is 4.63 Å². The summed E-state index contributed by atoms with van der Waals surface area (Å²) in [5.41, 5.74) is 7.91. The SMILES string of the molecule is CCCNC(=O)CNc1ccc(N)c2nonc12. The number of carbonyl (C=O) groups excluding carboxylic acids is 1. The third-order valence-electron chi connectivity index (χ3n) is 2.46. The molecule has 1 aromatic heterocycles. The second kappa shape index (κ2) is 5.35. The van der Waals surface area contributed by atoms with E-state index in [1.54, 1.807) is 12.1 Å². The zero-order valence-electron chi connectivity index (χ0n) is 10.1. The van der Waals surface area contributed by atoms with Crippen molar-refractivity contribution >= 4 is 28.3 Å². The Labute approximate surface area is 104 Å². The number of nitrogens with one attached hydrogen (secondary N) is 2. The van der Waals surface area contributed by atoms with Crippen molar-refractivity contribution in [3.63, 3.8) is 0 Å². The van der Waals surface area contributed by atoms with Crippen LogP contribution in [0.4, 0.5) is 11.4 Å². The van der Waals surface area contributed by atoms with Crippen LogP contribution in [-0.2, 0) is 4.79 Å². The molecule has 0 spiro atoms. The van der Waals surface area contributed by atoms with Gasteiger partial charge in [0.15, 0.2) is 11.0 Å². The summed E-state index contributed by atoms with van der Waals surface area (Å²) in [6.45, 7) is 2.84. The average Bonchev–Trinajstić information content (AvgIpc) is 2.85. The van der Waals surface area contributed by atoms with E-state index in [2.05, 4.69) is 25.6 Å². The van der Waals surface area contributed by atoms with E-state index in [4.69, 9.17) is 5.73 Å². The lowest BCUT2D eigenvalue weighted by Gasteiger charge is -2.07. The number of carbonyl (C=O) groups is 1. The maximum absolute atomic E-state index is 11.5. The summed E-state index contributed by atoms with van der Waals surface area (Å²) < 4.78 is 4.64. The van der Waals surface area contributed by atoms with Gasteiger partial charge in [0, 0.05) is 6.54 Å². The second-order valence-corrected chi connectivity index (χ2v) is 3.87. The highest BCUT2D eigenvalue weighted by Crippen LogP contribution is 2.24. The molecule has 18 heavy (non-hydrogen) atoms. The number of nitrogens with zero attached hydrogens (tertiary/aromatic N) is 2. The zero-order chi connectivity index (χ0) is 13.0. The Balaban J connectivity index is 2.06. The normalized spacial score (nSPS) is 10.5. The van der Waals surface area contributed by atoms with Gasteiger partial charge in [-0.05, 0) is 28.9 Å². The van der Waals surface area contributed by atoms with Gasteiger partial charge in [0.2, 0.25) is 5.91 Å². The first-order valence-corrected chi connectivity index (χ1v) is 5.73. The first-order valence-electron chi connectivity index (χ1n) is 5.73. The van der Waals surface area contributed by atoms with Crippen molar-refractivity contribution in [1.29, 1.82) is 0 Å². The molecule has 96 valence electrons. The maximum atomic E-state index is 11.5. The zero-order valence-corrected chi connectivity index (χ0v) is 10.1. The smallest absolute Gasteiger partial charge is 0.239 e. The van der Waals surface area contributed by atoms with Gasteiger partial charge in [0.05, 0.1) is 17.9 Å². The summed E-state index contributed by atoms with van der Waals surface area (Å²) >= 11 is 0. The molecule has 7 heteroatoms. The molecular formula is C11H15N5O2. The number of aromatic nitrogens is 2. The lowest BCUT2D eigenvalue weighted by Crippen LogP contribution is -2.30. The van der Waals surface area contributed by atoms with E-state index in [-0.39, 0.29) is 12.5 Å². The quantitative estimate of drug-likeness (QED) is 0.675. The molecule has 1 aromatic carbocycles. The Morgan fingerprint density at radius 3 is 2.94 bits per heavy atom. The number of rotatable bonds is 5. The summed E-state index contributed by atoms with van der Waals surface area (Å²) in [5, 5.41) is 13.2. The maximum Gasteiger partial charge on any atom is 0.239 e. The largest absolute Gasteiger partial charge is 0.397 e. The van der Waals surface area contributed by atoms with Gasteiger partial charge in [-0.3, -0.25) is 4.79 Å². The fourth-order valence-corrected chi connectivity index (χ4v) is 1.53. The van der Waals surface area contributed by atoms with Crippen LogP contribution in [0.15, 0.2) is 16.8 Å². The molecule has 0 aliphatic heterocycles. The molecule has 7 nitrogen and oxygen atoms in total. The van der Waals surface area contributed by atoms with Crippen molar-refractivity contribution in [2.75, 3.05) is 24.1 Å². The molecule has 1 amide bonds. The van der Waals surface area contributed by atoms with Crippen molar-refractivity contribution in [1.82, 2.24) is 15.6 Å². The van der Waals surface area contributed by atoms with Gasteiger partial charge in [0.25, 0.3) is 0 Å². The van der Waals surface area contributed by atoms with Crippen LogP contribution < -0.4 is 16.4 Å². The van der Waals surface area contributed by atoms with E-state index < -0.39 is 0 Å². The van der Waals surface area contributed by atoms with Crippen LogP contribution in [-0.4, -0.2) is 29.3 Å². The topological polar surface area (TPSA) is 106 Å². The first-order chi connectivity index (χ1) is 8.72. The summed E-state index contributed by atoms with van der Waals surface area (Å²) in [6.07, 6.45) is 0.908. The molecule has 0 unspecified atom stereocenters. The average molecular weight is 249 g/mol. The van der Waals surface area contributed by atoms with Crippen molar-refractivity contribution in [2.45, 2.75) is 13.3 Å². The number of nitrogen functional groups attached to an aromatic ring is 1. The van der Waals surface area contributed by atoms with Crippen molar-refractivity contribution in [3.05, 3.63) is 12.1 Å². The number of benzene rings is 1. The Morgan fingerprint density at radius 2 is 2.17 bits per heavy atom. The summed E-state index contributed by atoms with van der Waals surface area (Å²) in [5.74, 6) is -0.0710. The molecule has 0 saturated carbocycles. The van der Waals surface area contributed by atoms with Crippen LogP contribution in [0.1, 0.15) is 13.3 Å². The molecule has 2 aromatic rings. The monoisotopic (exact) mass is 249 g/mol. The minimum absolute atomic E-state index is 0.0710. The fourth-order valence-electron chi connectivity index (χ4n) is 1.53. The van der Waals surface area contributed by atoms with E-state index in [9.17, 15) is 4.79 Å². The number of anilines is 2. The van der Waals surface area contributed by atoms with E-state index in [1.165, 1.54) is 0 Å². The predicted octanol–water partition coefficient (Wildman–Crippen LogP) is 0.743. The van der Waals surface area contributed by atoms with Crippen molar-refractivity contribution < 1.29 is 9.42 Å². The van der Waals surface area contributed by atoms with Gasteiger partial charge in [0.1, 0.15) is 0 Å². The minimum atomic E-state index is -0.0710. The van der Waals surface area contributed by atoms with Gasteiger partial charge in [-0.2, -0.15) is 0 Å². The molecule has 2 rings (SSSR count). The Bertz CT molecular complexity index is 551. The van der Waals surface area contributed by atoms with Gasteiger partial charge >= 0.3 is 0 Å². The Hall–Kier alpha value is -2.31. The van der Waals surface area contributed by atoms with E-state index in [1.807, 2.05) is 6.92 Å². The van der Waals surface area contributed by atoms with Crippen molar-refractivity contribution in [3.8, 4) is 0 Å². The third-order valence-corrected chi connectivity index (χ3v) is 2.46. The van der Waals surface area contributed by atoms with Gasteiger partial charge in [-0.1, -0.05) is 6.92 Å². The van der Waals surface area contributed by atoms with Crippen LogP contribution in [0.5, 0.6) is 0 Å². The molecule has 0 fully saturated rings. The van der Waals surface area contributed by atoms with Crippen LogP contribution in [0, 0.1) is 0 Å². The Kier molecular flexibility index (Phi) is 3.61. The summed E-state index contributed by atoms with van der Waals surface area (Å²) in [6, 6.07) is 3.44. The molecule has 0 aliphatic rings. The van der Waals surface area contributed by atoms with Crippen LogP contribution in [0.25, 0.3) is 11.0 Å². The van der Waals surface area contributed by atoms with Crippen LogP contribution >= 0.6 is 0 Å². The van der Waals surface area contributed by atoms with E-state index in [0.717, 1.165) is 6.42 Å². The van der Waals surface area contributed by atoms with E-state index >= 15 is 0 Å². The molecule has 0 aliphatic carbocycles. The van der Waals surface area contributed by atoms with Crippen LogP contribution in [0.3, 0.4) is 0 Å². The lowest BCUT2D eigenvalue weighted by atomic mass is 10.2. The third kappa shape index (κ3) is 2.50. The standard InChI is InChI=1S/C11H15N5O2/c1-2-5-13-9(17)6-14-8-4-3-7(12)10-11(8)16-18-15-10/h3-4,14H,2,5-6,12H2,1H3,(H,13,17). The molecule has 0 atom stereocenters. The Morgan fingerprint density at radius 1 is 1.39 bits per heavy atom. The number of hydrogen-bond acceptors (Lipinski definition) is 6. The molecule has 0 saturated heterocycles. The number of hydrogen-bond donors (Lipinski definition) is 3. The molecule has 0 bridgehead atoms. The van der Waals surface area contributed by atoms with Crippen LogP contribution in [0.2, 0.25) is 0 Å². The minimum Gasteiger partial charge on any atom is -0.397 e. The predicted molar refractivity (Wildman–Crippen MR) is 68.0 cm³/mol. The molecule has 4 N–H and O–H groups in total. The van der Waals surface area contributed by atoms with Gasteiger partial charge < -0.3 is 16.4 Å².